The van der Waals surface area contributed by atoms with E-state index in [4.69, 9.17) is 4.98 Å². The molecule has 4 heterocycles. The number of nitrogens with one attached hydrogen (secondary N) is 2. The second-order valence-corrected chi connectivity index (χ2v) is 9.67. The Morgan fingerprint density at radius 2 is 1.97 bits per heavy atom. The SMILES string of the molecule is O=C(NCc1cccs1)C1CCN(c2nc3c(-c4ccccc4F)csc3c(=O)[nH]2)CC1. The third-order valence-corrected chi connectivity index (χ3v) is 7.60. The molecule has 3 aromatic heterocycles. The van der Waals surface area contributed by atoms with Gasteiger partial charge < -0.3 is 10.2 Å². The number of benzene rings is 1. The predicted octanol–water partition coefficient (Wildman–Crippen LogP) is 4.39. The van der Waals surface area contributed by atoms with Crippen LogP contribution < -0.4 is 15.8 Å². The molecule has 1 amide bonds. The molecule has 0 atom stereocenters. The minimum Gasteiger partial charge on any atom is -0.351 e. The van der Waals surface area contributed by atoms with Crippen molar-refractivity contribution in [2.24, 2.45) is 5.92 Å². The summed E-state index contributed by atoms with van der Waals surface area (Å²) in [5.74, 6) is 0.132. The fourth-order valence-corrected chi connectivity index (χ4v) is 5.57. The first kappa shape index (κ1) is 20.8. The van der Waals surface area contributed by atoms with Crippen molar-refractivity contribution in [2.75, 3.05) is 18.0 Å². The van der Waals surface area contributed by atoms with E-state index in [0.29, 0.717) is 59.8 Å². The van der Waals surface area contributed by atoms with Crippen molar-refractivity contribution in [3.63, 3.8) is 0 Å². The van der Waals surface area contributed by atoms with Crippen molar-refractivity contribution >= 4 is 44.7 Å². The molecule has 0 bridgehead atoms. The molecule has 1 saturated heterocycles. The Morgan fingerprint density at radius 3 is 2.72 bits per heavy atom. The van der Waals surface area contributed by atoms with Crippen LogP contribution in [0.25, 0.3) is 21.3 Å². The number of aromatic nitrogens is 2. The average Bonchev–Trinajstić information content (AvgIpc) is 3.48. The summed E-state index contributed by atoms with van der Waals surface area (Å²) in [6.45, 7) is 1.79. The van der Waals surface area contributed by atoms with Gasteiger partial charge in [0.05, 0.1) is 12.1 Å². The first-order valence-electron chi connectivity index (χ1n) is 10.4. The summed E-state index contributed by atoms with van der Waals surface area (Å²) < 4.78 is 14.8. The number of aromatic amines is 1. The van der Waals surface area contributed by atoms with Gasteiger partial charge in [0.2, 0.25) is 11.9 Å². The number of piperidine rings is 1. The summed E-state index contributed by atoms with van der Waals surface area (Å²) in [5, 5.41) is 6.79. The van der Waals surface area contributed by atoms with Crippen molar-refractivity contribution in [3.8, 4) is 11.1 Å². The first-order valence-corrected chi connectivity index (χ1v) is 12.2. The van der Waals surface area contributed by atoms with E-state index in [9.17, 15) is 14.0 Å². The molecule has 5 rings (SSSR count). The smallest absolute Gasteiger partial charge is 0.270 e. The third kappa shape index (κ3) is 4.05. The number of nitrogens with zero attached hydrogens (tertiary/aromatic N) is 2. The molecular formula is C23H21FN4O2S2. The van der Waals surface area contributed by atoms with E-state index < -0.39 is 0 Å². The Bertz CT molecular complexity index is 1310. The van der Waals surface area contributed by atoms with Crippen LogP contribution in [0.15, 0.2) is 52.0 Å². The van der Waals surface area contributed by atoms with Crippen LogP contribution in [0.1, 0.15) is 17.7 Å². The number of carbonyl (C=O) groups excluding carboxylic acids is 1. The largest absolute Gasteiger partial charge is 0.351 e. The van der Waals surface area contributed by atoms with Gasteiger partial charge in [-0.25, -0.2) is 9.37 Å². The van der Waals surface area contributed by atoms with Gasteiger partial charge in [0, 0.05) is 40.4 Å². The molecule has 4 aromatic rings. The van der Waals surface area contributed by atoms with Crippen LogP contribution >= 0.6 is 22.7 Å². The number of hydrogen-bond acceptors (Lipinski definition) is 6. The van der Waals surface area contributed by atoms with E-state index >= 15 is 0 Å². The highest BCUT2D eigenvalue weighted by Crippen LogP contribution is 2.33. The Hall–Kier alpha value is -3.04. The predicted molar refractivity (Wildman–Crippen MR) is 127 cm³/mol. The Labute approximate surface area is 191 Å². The van der Waals surface area contributed by atoms with Crippen molar-refractivity contribution in [1.29, 1.82) is 0 Å². The van der Waals surface area contributed by atoms with Gasteiger partial charge >= 0.3 is 0 Å². The topological polar surface area (TPSA) is 78.1 Å². The zero-order valence-electron chi connectivity index (χ0n) is 17.1. The van der Waals surface area contributed by atoms with E-state index in [-0.39, 0.29) is 23.2 Å². The highest BCUT2D eigenvalue weighted by Gasteiger charge is 2.26. The van der Waals surface area contributed by atoms with Crippen molar-refractivity contribution in [2.45, 2.75) is 19.4 Å². The summed E-state index contributed by atoms with van der Waals surface area (Å²) in [6, 6.07) is 10.5. The average molecular weight is 469 g/mol. The van der Waals surface area contributed by atoms with E-state index in [1.807, 2.05) is 22.4 Å². The molecule has 1 aliphatic heterocycles. The van der Waals surface area contributed by atoms with Crippen LogP contribution in [0.5, 0.6) is 0 Å². The second-order valence-electron chi connectivity index (χ2n) is 7.75. The molecule has 0 aliphatic carbocycles. The molecule has 1 aliphatic rings. The Kier molecular flexibility index (Phi) is 5.75. The van der Waals surface area contributed by atoms with Crippen LogP contribution in [0, 0.1) is 11.7 Å². The van der Waals surface area contributed by atoms with Gasteiger partial charge in [-0.2, -0.15) is 0 Å². The summed E-state index contributed by atoms with van der Waals surface area (Å²) in [7, 11) is 0. The Morgan fingerprint density at radius 1 is 1.16 bits per heavy atom. The van der Waals surface area contributed by atoms with Crippen molar-refractivity contribution in [1.82, 2.24) is 15.3 Å². The lowest BCUT2D eigenvalue weighted by molar-refractivity contribution is -0.125. The summed E-state index contributed by atoms with van der Waals surface area (Å²) >= 11 is 2.89. The zero-order chi connectivity index (χ0) is 22.1. The van der Waals surface area contributed by atoms with Gasteiger partial charge in [0.1, 0.15) is 10.5 Å². The van der Waals surface area contributed by atoms with E-state index in [0.717, 1.165) is 4.88 Å². The lowest BCUT2D eigenvalue weighted by Crippen LogP contribution is -2.41. The highest BCUT2D eigenvalue weighted by atomic mass is 32.1. The van der Waals surface area contributed by atoms with Crippen LogP contribution in [-0.4, -0.2) is 29.0 Å². The number of fused-ring (bicyclic) bond motifs is 1. The standard InChI is InChI=1S/C23H21FN4O2S2/c24-18-6-2-1-5-16(18)17-13-32-20-19(17)26-23(27-22(20)30)28-9-7-14(8-10-28)21(29)25-12-15-4-3-11-31-15/h1-6,11,13-14H,7-10,12H2,(H,25,29)(H,26,27,30). The minimum absolute atomic E-state index is 0.0585. The number of amides is 1. The third-order valence-electron chi connectivity index (χ3n) is 5.76. The van der Waals surface area contributed by atoms with Crippen LogP contribution in [-0.2, 0) is 11.3 Å². The molecule has 0 saturated carbocycles. The summed E-state index contributed by atoms with van der Waals surface area (Å²) in [4.78, 5) is 35.9. The number of hydrogen-bond donors (Lipinski definition) is 2. The van der Waals surface area contributed by atoms with Crippen molar-refractivity contribution < 1.29 is 9.18 Å². The summed E-state index contributed by atoms with van der Waals surface area (Å²) in [6.07, 6.45) is 1.36. The number of rotatable bonds is 5. The molecule has 6 nitrogen and oxygen atoms in total. The van der Waals surface area contributed by atoms with Gasteiger partial charge in [0.25, 0.3) is 5.56 Å². The van der Waals surface area contributed by atoms with Crippen molar-refractivity contribution in [3.05, 3.63) is 68.2 Å². The molecule has 32 heavy (non-hydrogen) atoms. The lowest BCUT2D eigenvalue weighted by Gasteiger charge is -2.31. The Balaban J connectivity index is 1.32. The molecule has 0 radical (unpaired) electrons. The van der Waals surface area contributed by atoms with Gasteiger partial charge in [-0.05, 0) is 30.4 Å². The number of thiophene rings is 2. The maximum Gasteiger partial charge on any atom is 0.270 e. The highest BCUT2D eigenvalue weighted by molar-refractivity contribution is 7.17. The van der Waals surface area contributed by atoms with Gasteiger partial charge in [-0.1, -0.05) is 24.3 Å². The number of carbonyl (C=O) groups is 1. The molecule has 1 aromatic carbocycles. The van der Waals surface area contributed by atoms with E-state index in [2.05, 4.69) is 10.3 Å². The quantitative estimate of drug-likeness (QED) is 0.456. The summed E-state index contributed by atoms with van der Waals surface area (Å²) in [5.41, 5.74) is 1.34. The first-order chi connectivity index (χ1) is 15.6. The van der Waals surface area contributed by atoms with Crippen LogP contribution in [0.2, 0.25) is 0 Å². The molecule has 0 spiro atoms. The molecule has 0 unspecified atom stereocenters. The van der Waals surface area contributed by atoms with E-state index in [1.165, 1.54) is 17.4 Å². The number of H-pyrrole nitrogens is 1. The molecule has 9 heteroatoms. The van der Waals surface area contributed by atoms with Gasteiger partial charge in [0.15, 0.2) is 0 Å². The maximum absolute atomic E-state index is 14.4. The molecule has 2 N–H and O–H groups in total. The number of anilines is 1. The fraction of sp³-hybridized carbons (Fsp3) is 0.261. The second kappa shape index (κ2) is 8.84. The normalized spacial score (nSPS) is 14.7. The molecular weight excluding hydrogens is 447 g/mol. The lowest BCUT2D eigenvalue weighted by atomic mass is 9.96. The zero-order valence-corrected chi connectivity index (χ0v) is 18.8. The minimum atomic E-state index is -0.342. The monoisotopic (exact) mass is 468 g/mol. The number of halogens is 1. The maximum atomic E-state index is 14.4. The van der Waals surface area contributed by atoms with Gasteiger partial charge in [-0.3, -0.25) is 14.6 Å². The van der Waals surface area contributed by atoms with E-state index in [1.54, 1.807) is 34.9 Å². The van der Waals surface area contributed by atoms with Crippen LogP contribution in [0.4, 0.5) is 10.3 Å². The van der Waals surface area contributed by atoms with Crippen LogP contribution in [0.3, 0.4) is 0 Å². The van der Waals surface area contributed by atoms with Gasteiger partial charge in [-0.15, -0.1) is 22.7 Å². The fourth-order valence-electron chi connectivity index (χ4n) is 4.02. The molecule has 1 fully saturated rings. The molecule has 164 valence electrons.